The molecule has 0 rings (SSSR count). The topological polar surface area (TPSA) is 34.1 Å². The van der Waals surface area contributed by atoms with Gasteiger partial charge in [-0.2, -0.15) is 0 Å². The lowest BCUT2D eigenvalue weighted by molar-refractivity contribution is 0.564. The molecule has 5 heavy (non-hydrogen) atoms. The molecule has 0 bridgehead atoms. The fourth-order valence-electron chi connectivity index (χ4n) is 0.0393. The van der Waals surface area contributed by atoms with Crippen molar-refractivity contribution in [1.29, 1.82) is 0 Å². The molecule has 0 spiro atoms. The first kappa shape index (κ1) is 4.87. The van der Waals surface area contributed by atoms with Gasteiger partial charge in [0.2, 0.25) is 0 Å². The third-order valence-electron chi connectivity index (χ3n) is 0.192. The second-order valence-corrected chi connectivity index (χ2v) is 1.71. The van der Waals surface area contributed by atoms with E-state index in [-0.39, 0.29) is 0 Å². The third kappa shape index (κ3) is 3.87. The zero-order valence-corrected chi connectivity index (χ0v) is 4.09. The van der Waals surface area contributed by atoms with Gasteiger partial charge >= 0.3 is 15.2 Å². The number of carbonyl (C=O) groups is 2. The number of hydrogen-bond donors (Lipinski definition) is 0. The average molecular weight is 86.0 g/mol. The van der Waals surface area contributed by atoms with Crippen molar-refractivity contribution in [2.24, 2.45) is 0 Å². The van der Waals surface area contributed by atoms with E-state index in [0.29, 0.717) is 10.3 Å². The van der Waals surface area contributed by atoms with Crippen LogP contribution < -0.4 is 0 Å². The molecule has 0 aromatic rings. The number of hydrogen-bond acceptors (Lipinski definition) is 2. The van der Waals surface area contributed by atoms with Crippen LogP contribution >= 0.6 is 0 Å². The summed E-state index contributed by atoms with van der Waals surface area (Å²) in [5, 5.41) is 1.40. The first-order chi connectivity index (χ1) is 2.41. The maximum Gasteiger partial charge on any atom is 0.429 e. The zero-order chi connectivity index (χ0) is 4.12. The van der Waals surface area contributed by atoms with Gasteiger partial charge in [0, 0.05) is 10.3 Å². The monoisotopic (exact) mass is 86.0 g/mol. The fourth-order valence-corrected chi connectivity index (χ4v) is 0.118. The highest BCUT2D eigenvalue weighted by atomic mass is 27.1. The van der Waals surface area contributed by atoms with Crippen LogP contribution in [0, 0.1) is 0 Å². The van der Waals surface area contributed by atoms with Crippen molar-refractivity contribution in [2.45, 2.75) is 0 Å². The van der Waals surface area contributed by atoms with Crippen LogP contribution in [0.3, 0.4) is 0 Å². The van der Waals surface area contributed by atoms with Crippen molar-refractivity contribution >= 4 is 25.5 Å². The molecule has 0 radical (unpaired) electrons. The van der Waals surface area contributed by atoms with Gasteiger partial charge in [-0.1, -0.05) is 0 Å². The van der Waals surface area contributed by atoms with Crippen LogP contribution in [0.25, 0.3) is 0 Å². The predicted molar refractivity (Wildman–Crippen MR) is 20.6 cm³/mol. The summed E-state index contributed by atoms with van der Waals surface area (Å²) >= 11 is -0.929. The SMILES string of the molecule is O=[CH][AlH][CH]=O. The fraction of sp³-hybridized carbons (Fsp3) is 0. The van der Waals surface area contributed by atoms with Gasteiger partial charge in [-0.3, -0.25) is 0 Å². The Hall–Kier alpha value is -0.128. The molecule has 0 heterocycles. The molecule has 26 valence electrons. The molecule has 0 atom stereocenters. The van der Waals surface area contributed by atoms with Gasteiger partial charge < -0.3 is 9.59 Å². The van der Waals surface area contributed by atoms with Gasteiger partial charge in [-0.05, 0) is 0 Å². The molecule has 0 aliphatic rings. The summed E-state index contributed by atoms with van der Waals surface area (Å²) in [4.78, 5) is 18.5. The number of rotatable bonds is 2. The van der Waals surface area contributed by atoms with Crippen LogP contribution in [-0.2, 0) is 9.59 Å². The van der Waals surface area contributed by atoms with E-state index in [4.69, 9.17) is 0 Å². The molecule has 0 unspecified atom stereocenters. The highest BCUT2D eigenvalue weighted by molar-refractivity contribution is 6.87. The highest BCUT2D eigenvalue weighted by Crippen LogP contribution is 1.28. The first-order valence-corrected chi connectivity index (χ1v) is 2.92. The summed E-state index contributed by atoms with van der Waals surface area (Å²) in [5.41, 5.74) is 0. The lowest BCUT2D eigenvalue weighted by Gasteiger charge is -1.46. The van der Waals surface area contributed by atoms with Crippen molar-refractivity contribution in [1.82, 2.24) is 0 Å². The molecule has 0 aromatic heterocycles. The Kier molecular flexibility index (Phi) is 3.77. The van der Waals surface area contributed by atoms with Crippen LogP contribution in [0.1, 0.15) is 0 Å². The van der Waals surface area contributed by atoms with Gasteiger partial charge in [0.05, 0.1) is 0 Å². The lowest BCUT2D eigenvalue weighted by Crippen LogP contribution is -1.89. The van der Waals surface area contributed by atoms with Crippen molar-refractivity contribution in [3.8, 4) is 0 Å². The first-order valence-electron chi connectivity index (χ1n) is 1.29. The van der Waals surface area contributed by atoms with E-state index in [1.807, 2.05) is 0 Å². The minimum Gasteiger partial charge on any atom is -0.324 e. The molecule has 0 saturated carbocycles. The van der Waals surface area contributed by atoms with E-state index in [9.17, 15) is 9.59 Å². The van der Waals surface area contributed by atoms with Crippen molar-refractivity contribution < 1.29 is 9.59 Å². The molecule has 0 N–H and O–H groups in total. The number of carbonyl (C=O) groups excluding carboxylic acids is 2. The van der Waals surface area contributed by atoms with Crippen LogP contribution in [-0.4, -0.2) is 25.5 Å². The Labute approximate surface area is 35.9 Å². The van der Waals surface area contributed by atoms with Crippen LogP contribution in [0.4, 0.5) is 0 Å². The average Bonchev–Trinajstić information content (AvgIpc) is 1.41. The van der Waals surface area contributed by atoms with E-state index >= 15 is 0 Å². The summed E-state index contributed by atoms with van der Waals surface area (Å²) in [6.07, 6.45) is 0. The second-order valence-electron chi connectivity index (χ2n) is 0.569. The molecule has 0 aliphatic heterocycles. The van der Waals surface area contributed by atoms with E-state index in [2.05, 4.69) is 0 Å². The maximum atomic E-state index is 9.24. The summed E-state index contributed by atoms with van der Waals surface area (Å²) in [6, 6.07) is 0. The van der Waals surface area contributed by atoms with Gasteiger partial charge in [0.15, 0.2) is 0 Å². The van der Waals surface area contributed by atoms with E-state index in [1.54, 1.807) is 0 Å². The van der Waals surface area contributed by atoms with Gasteiger partial charge in [-0.15, -0.1) is 0 Å². The van der Waals surface area contributed by atoms with E-state index in [1.165, 1.54) is 0 Å². The molecular formula is C2H3AlO2. The summed E-state index contributed by atoms with van der Waals surface area (Å²) < 4.78 is 0. The Balaban J connectivity index is 2.65. The Morgan fingerprint density at radius 2 is 1.60 bits per heavy atom. The second kappa shape index (κ2) is 3.87. The normalized spacial score (nSPS) is 5.60. The molecule has 0 saturated heterocycles. The van der Waals surface area contributed by atoms with Gasteiger partial charge in [0.25, 0.3) is 0 Å². The molecule has 0 fully saturated rings. The van der Waals surface area contributed by atoms with Crippen molar-refractivity contribution in [3.05, 3.63) is 0 Å². The van der Waals surface area contributed by atoms with Crippen molar-refractivity contribution in [3.63, 3.8) is 0 Å². The summed E-state index contributed by atoms with van der Waals surface area (Å²) in [6.45, 7) is 0. The Morgan fingerprint density at radius 3 is 1.60 bits per heavy atom. The maximum absolute atomic E-state index is 9.24. The summed E-state index contributed by atoms with van der Waals surface area (Å²) in [5.74, 6) is 0. The quantitative estimate of drug-likeness (QED) is 0.312. The lowest BCUT2D eigenvalue weighted by atomic mass is 11.8. The Bertz CT molecular complexity index is 36.9. The van der Waals surface area contributed by atoms with E-state index in [0.717, 1.165) is 0 Å². The molecular weight excluding hydrogens is 83.0 g/mol. The van der Waals surface area contributed by atoms with E-state index < -0.39 is 15.2 Å². The highest BCUT2D eigenvalue weighted by Gasteiger charge is 1.77. The minimum absolute atomic E-state index is 0.701. The Morgan fingerprint density at radius 1 is 1.20 bits per heavy atom. The van der Waals surface area contributed by atoms with Crippen molar-refractivity contribution in [2.75, 3.05) is 0 Å². The standard InChI is InChI=1S/2CHO.Al.H/c2*1-2;;/h2*1H;;. The van der Waals surface area contributed by atoms with Gasteiger partial charge in [-0.25, -0.2) is 0 Å². The predicted octanol–water partition coefficient (Wildman–Crippen LogP) is -1.20. The largest absolute Gasteiger partial charge is 0.429 e. The van der Waals surface area contributed by atoms with Gasteiger partial charge in [0.1, 0.15) is 0 Å². The zero-order valence-electron chi connectivity index (χ0n) is 2.68. The third-order valence-corrected chi connectivity index (χ3v) is 0.577. The van der Waals surface area contributed by atoms with Crippen LogP contribution in [0.15, 0.2) is 0 Å². The molecule has 0 aromatic carbocycles. The van der Waals surface area contributed by atoms with Crippen LogP contribution in [0.2, 0.25) is 0 Å². The molecule has 0 amide bonds. The summed E-state index contributed by atoms with van der Waals surface area (Å²) in [7, 11) is 0. The smallest absolute Gasteiger partial charge is 0.324 e. The molecule has 3 heteroatoms. The molecule has 0 aliphatic carbocycles. The molecule has 2 nitrogen and oxygen atoms in total. The minimum atomic E-state index is -0.929. The van der Waals surface area contributed by atoms with Crippen LogP contribution in [0.5, 0.6) is 0 Å².